The van der Waals surface area contributed by atoms with Crippen molar-refractivity contribution in [1.29, 1.82) is 0 Å². The minimum absolute atomic E-state index is 0.0789. The highest BCUT2D eigenvalue weighted by atomic mass is 79.9. The molecule has 1 rings (SSSR count). The van der Waals surface area contributed by atoms with Crippen LogP contribution in [0.4, 0.5) is 5.69 Å². The second-order valence-corrected chi connectivity index (χ2v) is 7.30. The van der Waals surface area contributed by atoms with Crippen LogP contribution in [-0.2, 0) is 14.8 Å². The topological polar surface area (TPSA) is 72.6 Å². The zero-order chi connectivity index (χ0) is 14.6. The van der Waals surface area contributed by atoms with E-state index in [0.29, 0.717) is 23.3 Å². The van der Waals surface area contributed by atoms with E-state index < -0.39 is 10.0 Å². The van der Waals surface area contributed by atoms with Crippen molar-refractivity contribution in [2.24, 2.45) is 0 Å². The number of sulfonamides is 1. The van der Waals surface area contributed by atoms with Gasteiger partial charge in [0.1, 0.15) is 0 Å². The van der Waals surface area contributed by atoms with E-state index in [0.717, 1.165) is 0 Å². The third-order valence-electron chi connectivity index (χ3n) is 2.50. The van der Waals surface area contributed by atoms with Crippen molar-refractivity contribution in [2.75, 3.05) is 25.9 Å². The predicted octanol–water partition coefficient (Wildman–Crippen LogP) is 2.08. The van der Waals surface area contributed by atoms with Crippen LogP contribution in [0.25, 0.3) is 0 Å². The fourth-order valence-corrected chi connectivity index (χ4v) is 3.53. The summed E-state index contributed by atoms with van der Waals surface area (Å²) < 4.78 is 31.8. The molecule has 0 aliphatic carbocycles. The Morgan fingerprint density at radius 3 is 2.63 bits per heavy atom. The Bertz CT molecular complexity index is 532. The SMILES string of the molecule is CC(C)OCCN(C)S(=O)(=O)c1cc(N)ccc1Br. The molecule has 2 N–H and O–H groups in total. The molecule has 1 aromatic rings. The van der Waals surface area contributed by atoms with Gasteiger partial charge in [-0.3, -0.25) is 0 Å². The summed E-state index contributed by atoms with van der Waals surface area (Å²) in [6.07, 6.45) is 0.0789. The second-order valence-electron chi connectivity index (χ2n) is 4.44. The van der Waals surface area contributed by atoms with Crippen LogP contribution in [0.5, 0.6) is 0 Å². The molecule has 19 heavy (non-hydrogen) atoms. The summed E-state index contributed by atoms with van der Waals surface area (Å²) in [7, 11) is -2.04. The summed E-state index contributed by atoms with van der Waals surface area (Å²) >= 11 is 3.23. The maximum Gasteiger partial charge on any atom is 0.244 e. The lowest BCUT2D eigenvalue weighted by Gasteiger charge is -2.19. The molecule has 0 amide bonds. The van der Waals surface area contributed by atoms with Crippen LogP contribution < -0.4 is 5.73 Å². The average Bonchev–Trinajstić information content (AvgIpc) is 2.31. The fourth-order valence-electron chi connectivity index (χ4n) is 1.42. The van der Waals surface area contributed by atoms with Gasteiger partial charge in [-0.1, -0.05) is 0 Å². The first-order valence-electron chi connectivity index (χ1n) is 5.88. The van der Waals surface area contributed by atoms with E-state index in [1.54, 1.807) is 12.1 Å². The molecule has 0 bridgehead atoms. The molecule has 1 aromatic carbocycles. The predicted molar refractivity (Wildman–Crippen MR) is 79.5 cm³/mol. The van der Waals surface area contributed by atoms with Gasteiger partial charge >= 0.3 is 0 Å². The number of rotatable bonds is 6. The molecular weight excluding hydrogens is 332 g/mol. The van der Waals surface area contributed by atoms with E-state index >= 15 is 0 Å². The molecule has 0 aromatic heterocycles. The van der Waals surface area contributed by atoms with E-state index in [2.05, 4.69) is 15.9 Å². The van der Waals surface area contributed by atoms with Crippen molar-refractivity contribution in [1.82, 2.24) is 4.31 Å². The van der Waals surface area contributed by atoms with Gasteiger partial charge in [-0.25, -0.2) is 8.42 Å². The fraction of sp³-hybridized carbons (Fsp3) is 0.500. The standard InChI is InChI=1S/C12H19BrN2O3S/c1-9(2)18-7-6-15(3)19(16,17)12-8-10(14)4-5-11(12)13/h4-5,8-9H,6-7,14H2,1-3H3. The van der Waals surface area contributed by atoms with Gasteiger partial charge in [0.15, 0.2) is 0 Å². The zero-order valence-electron chi connectivity index (χ0n) is 11.3. The van der Waals surface area contributed by atoms with E-state index in [1.165, 1.54) is 17.4 Å². The monoisotopic (exact) mass is 350 g/mol. The van der Waals surface area contributed by atoms with Crippen LogP contribution in [-0.4, -0.2) is 39.0 Å². The van der Waals surface area contributed by atoms with Crippen molar-refractivity contribution < 1.29 is 13.2 Å². The van der Waals surface area contributed by atoms with Crippen LogP contribution in [0, 0.1) is 0 Å². The molecule has 0 aliphatic rings. The minimum Gasteiger partial charge on any atom is -0.399 e. The van der Waals surface area contributed by atoms with Gasteiger partial charge in [0.2, 0.25) is 10.0 Å². The molecule has 0 aliphatic heterocycles. The van der Waals surface area contributed by atoms with Gasteiger partial charge in [0, 0.05) is 23.8 Å². The summed E-state index contributed by atoms with van der Waals surface area (Å²) in [4.78, 5) is 0.166. The molecule has 7 heteroatoms. The highest BCUT2D eigenvalue weighted by molar-refractivity contribution is 9.10. The second kappa shape index (κ2) is 6.69. The molecule has 108 valence electrons. The number of nitrogens with two attached hydrogens (primary N) is 1. The number of benzene rings is 1. The maximum absolute atomic E-state index is 12.4. The quantitative estimate of drug-likeness (QED) is 0.797. The summed E-state index contributed by atoms with van der Waals surface area (Å²) in [6.45, 7) is 4.46. The third-order valence-corrected chi connectivity index (χ3v) is 5.35. The maximum atomic E-state index is 12.4. The van der Waals surface area contributed by atoms with Crippen molar-refractivity contribution in [3.63, 3.8) is 0 Å². The van der Waals surface area contributed by atoms with E-state index in [1.807, 2.05) is 13.8 Å². The van der Waals surface area contributed by atoms with Gasteiger partial charge in [0.05, 0.1) is 17.6 Å². The largest absolute Gasteiger partial charge is 0.399 e. The van der Waals surface area contributed by atoms with Crippen LogP contribution >= 0.6 is 15.9 Å². The molecule has 0 fully saturated rings. The number of anilines is 1. The Morgan fingerprint density at radius 2 is 2.05 bits per heavy atom. The molecule has 0 saturated heterocycles. The van der Waals surface area contributed by atoms with Gasteiger partial charge in [-0.2, -0.15) is 4.31 Å². The van der Waals surface area contributed by atoms with Crippen LogP contribution in [0.2, 0.25) is 0 Å². The Hall–Kier alpha value is -0.630. The number of nitrogens with zero attached hydrogens (tertiary/aromatic N) is 1. The Balaban J connectivity index is 2.88. The van der Waals surface area contributed by atoms with Gasteiger partial charge in [0.25, 0.3) is 0 Å². The summed E-state index contributed by atoms with van der Waals surface area (Å²) in [5, 5.41) is 0. The summed E-state index contributed by atoms with van der Waals surface area (Å²) in [5.74, 6) is 0. The zero-order valence-corrected chi connectivity index (χ0v) is 13.7. The van der Waals surface area contributed by atoms with E-state index in [4.69, 9.17) is 10.5 Å². The molecule has 0 heterocycles. The van der Waals surface area contributed by atoms with Crippen molar-refractivity contribution in [3.8, 4) is 0 Å². The normalized spacial score (nSPS) is 12.3. The van der Waals surface area contributed by atoms with Crippen molar-refractivity contribution in [2.45, 2.75) is 24.8 Å². The molecule has 0 spiro atoms. The summed E-state index contributed by atoms with van der Waals surface area (Å²) in [6, 6.07) is 4.71. The molecule has 0 radical (unpaired) electrons. The Labute approximate surface area is 122 Å². The van der Waals surface area contributed by atoms with Crippen LogP contribution in [0.15, 0.2) is 27.6 Å². The highest BCUT2D eigenvalue weighted by Crippen LogP contribution is 2.26. The van der Waals surface area contributed by atoms with Gasteiger partial charge < -0.3 is 10.5 Å². The first-order chi connectivity index (χ1) is 8.75. The van der Waals surface area contributed by atoms with Crippen molar-refractivity contribution in [3.05, 3.63) is 22.7 Å². The Kier molecular flexibility index (Phi) is 5.79. The van der Waals surface area contributed by atoms with Gasteiger partial charge in [-0.05, 0) is 48.0 Å². The number of ether oxygens (including phenoxy) is 1. The molecule has 0 unspecified atom stereocenters. The van der Waals surface area contributed by atoms with Crippen molar-refractivity contribution >= 4 is 31.6 Å². The Morgan fingerprint density at radius 1 is 1.42 bits per heavy atom. The summed E-state index contributed by atoms with van der Waals surface area (Å²) in [5.41, 5.74) is 6.05. The number of hydrogen-bond donors (Lipinski definition) is 1. The third kappa shape index (κ3) is 4.45. The average molecular weight is 351 g/mol. The van der Waals surface area contributed by atoms with E-state index in [-0.39, 0.29) is 11.0 Å². The molecular formula is C12H19BrN2O3S. The van der Waals surface area contributed by atoms with Crippen LogP contribution in [0.3, 0.4) is 0 Å². The van der Waals surface area contributed by atoms with E-state index in [9.17, 15) is 8.42 Å². The lowest BCUT2D eigenvalue weighted by Crippen LogP contribution is -2.31. The van der Waals surface area contributed by atoms with Crippen LogP contribution in [0.1, 0.15) is 13.8 Å². The number of nitrogen functional groups attached to an aromatic ring is 1. The number of halogens is 1. The first kappa shape index (κ1) is 16.4. The first-order valence-corrected chi connectivity index (χ1v) is 8.11. The molecule has 0 saturated carbocycles. The number of hydrogen-bond acceptors (Lipinski definition) is 4. The van der Waals surface area contributed by atoms with Gasteiger partial charge in [-0.15, -0.1) is 0 Å². The lowest BCUT2D eigenvalue weighted by molar-refractivity contribution is 0.0737. The number of likely N-dealkylation sites (N-methyl/N-ethyl adjacent to an activating group) is 1. The molecule has 0 atom stereocenters. The highest BCUT2D eigenvalue weighted by Gasteiger charge is 2.23. The molecule has 5 nitrogen and oxygen atoms in total. The minimum atomic E-state index is -3.56. The smallest absolute Gasteiger partial charge is 0.244 e. The lowest BCUT2D eigenvalue weighted by atomic mass is 10.3.